The van der Waals surface area contributed by atoms with E-state index in [0.29, 0.717) is 45.5 Å². The lowest BCUT2D eigenvalue weighted by Crippen LogP contribution is -2.28. The zero-order valence-corrected chi connectivity index (χ0v) is 19.4. The average molecular weight is 489 g/mol. The number of hydrogen-bond acceptors (Lipinski definition) is 4. The van der Waals surface area contributed by atoms with E-state index in [4.69, 9.17) is 16.3 Å². The second kappa shape index (κ2) is 9.07. The molecule has 0 amide bonds. The second-order valence-electron chi connectivity index (χ2n) is 8.62. The number of methoxy groups -OCH3 is 1. The zero-order valence-electron chi connectivity index (χ0n) is 18.6. The van der Waals surface area contributed by atoms with Crippen LogP contribution >= 0.6 is 11.6 Å². The Morgan fingerprint density at radius 1 is 1.12 bits per heavy atom. The third-order valence-corrected chi connectivity index (χ3v) is 6.69. The number of aryl methyl sites for hydroxylation is 1. The molecule has 0 unspecified atom stereocenters. The van der Waals surface area contributed by atoms with Gasteiger partial charge in [0.2, 0.25) is 0 Å². The Bertz CT molecular complexity index is 1350. The molecular formula is C25H24ClF3N4O. The first-order valence-electron chi connectivity index (χ1n) is 11.3. The highest BCUT2D eigenvalue weighted by Crippen LogP contribution is 2.39. The summed E-state index contributed by atoms with van der Waals surface area (Å²) in [7, 11) is 1.56. The number of ether oxygens (including phenoxy) is 1. The number of imidazole rings is 1. The summed E-state index contributed by atoms with van der Waals surface area (Å²) in [6, 6.07) is 12.1. The largest absolute Gasteiger partial charge is 0.497 e. The Balaban J connectivity index is 1.77. The van der Waals surface area contributed by atoms with Crippen LogP contribution in [0.3, 0.4) is 0 Å². The van der Waals surface area contributed by atoms with Crippen molar-refractivity contribution in [2.75, 3.05) is 20.2 Å². The van der Waals surface area contributed by atoms with E-state index in [2.05, 4.69) is 15.3 Å². The number of benzene rings is 2. The number of hydrogen-bond donors (Lipinski definition) is 1. The van der Waals surface area contributed by atoms with E-state index in [0.717, 1.165) is 32.4 Å². The van der Waals surface area contributed by atoms with Gasteiger partial charge >= 0.3 is 6.18 Å². The summed E-state index contributed by atoms with van der Waals surface area (Å²) < 4.78 is 49.6. The maximum absolute atomic E-state index is 14.1. The van der Waals surface area contributed by atoms with Crippen LogP contribution in [0.1, 0.15) is 25.0 Å². The van der Waals surface area contributed by atoms with E-state index in [1.807, 2.05) is 16.7 Å². The fourth-order valence-electron chi connectivity index (χ4n) is 4.74. The summed E-state index contributed by atoms with van der Waals surface area (Å²) in [6.07, 6.45) is -1.71. The molecule has 34 heavy (non-hydrogen) atoms. The maximum Gasteiger partial charge on any atom is 0.435 e. The molecule has 0 saturated carbocycles. The topological polar surface area (TPSA) is 52.0 Å². The van der Waals surface area contributed by atoms with E-state index in [-0.39, 0.29) is 11.0 Å². The number of piperidine rings is 1. The summed E-state index contributed by atoms with van der Waals surface area (Å²) in [4.78, 5) is 8.49. The van der Waals surface area contributed by atoms with Crippen molar-refractivity contribution < 1.29 is 17.9 Å². The van der Waals surface area contributed by atoms with E-state index in [1.54, 1.807) is 31.4 Å². The number of fused-ring (bicyclic) bond motifs is 3. The molecule has 1 aliphatic heterocycles. The van der Waals surface area contributed by atoms with Crippen molar-refractivity contribution in [3.63, 3.8) is 0 Å². The van der Waals surface area contributed by atoms with E-state index in [1.165, 1.54) is 6.07 Å². The summed E-state index contributed by atoms with van der Waals surface area (Å²) >= 11 is 6.11. The second-order valence-corrected chi connectivity index (χ2v) is 9.05. The molecule has 0 bridgehead atoms. The van der Waals surface area contributed by atoms with E-state index in [9.17, 15) is 13.2 Å². The molecular weight excluding hydrogens is 465 g/mol. The van der Waals surface area contributed by atoms with Crippen LogP contribution < -0.4 is 10.1 Å². The first kappa shape index (κ1) is 22.9. The SMILES string of the molecule is COc1cccc(-c2nc3c(C(F)(F)F)nc4cc(Cl)ccc4c3n2CCC2CCNCC2)c1. The molecule has 4 aromatic rings. The fourth-order valence-corrected chi connectivity index (χ4v) is 4.91. The van der Waals surface area contributed by atoms with Gasteiger partial charge in [0.1, 0.15) is 17.1 Å². The highest BCUT2D eigenvalue weighted by molar-refractivity contribution is 6.31. The van der Waals surface area contributed by atoms with Crippen LogP contribution in [0.25, 0.3) is 33.3 Å². The van der Waals surface area contributed by atoms with E-state index >= 15 is 0 Å². The molecule has 1 aliphatic rings. The Morgan fingerprint density at radius 3 is 2.65 bits per heavy atom. The van der Waals surface area contributed by atoms with Crippen LogP contribution in [0.5, 0.6) is 5.75 Å². The molecule has 2 aromatic heterocycles. The van der Waals surface area contributed by atoms with Crippen molar-refractivity contribution in [1.29, 1.82) is 0 Å². The highest BCUT2D eigenvalue weighted by Gasteiger charge is 2.37. The molecule has 5 rings (SSSR count). The third kappa shape index (κ3) is 4.32. The van der Waals surface area contributed by atoms with Gasteiger partial charge in [0, 0.05) is 22.5 Å². The van der Waals surface area contributed by atoms with Gasteiger partial charge in [-0.3, -0.25) is 0 Å². The summed E-state index contributed by atoms with van der Waals surface area (Å²) in [5.74, 6) is 1.58. The lowest BCUT2D eigenvalue weighted by Gasteiger charge is -2.23. The first-order chi connectivity index (χ1) is 16.3. The predicted octanol–water partition coefficient (Wildman–Crippen LogP) is 6.32. The minimum Gasteiger partial charge on any atom is -0.497 e. The first-order valence-corrected chi connectivity index (χ1v) is 11.6. The number of rotatable bonds is 5. The van der Waals surface area contributed by atoms with Gasteiger partial charge in [-0.1, -0.05) is 23.7 Å². The minimum absolute atomic E-state index is 0.148. The molecule has 0 spiro atoms. The molecule has 1 fully saturated rings. The molecule has 178 valence electrons. The summed E-state index contributed by atoms with van der Waals surface area (Å²) in [6.45, 7) is 2.47. The molecule has 3 heterocycles. The van der Waals surface area contributed by atoms with Crippen LogP contribution in [0, 0.1) is 5.92 Å². The van der Waals surface area contributed by atoms with Gasteiger partial charge in [-0.2, -0.15) is 13.2 Å². The quantitative estimate of drug-likeness (QED) is 0.357. The molecule has 2 aromatic carbocycles. The van der Waals surface area contributed by atoms with Gasteiger partial charge < -0.3 is 14.6 Å². The van der Waals surface area contributed by atoms with Crippen molar-refractivity contribution in [3.05, 3.63) is 53.2 Å². The fraction of sp³-hybridized carbons (Fsp3) is 0.360. The van der Waals surface area contributed by atoms with E-state index < -0.39 is 11.9 Å². The van der Waals surface area contributed by atoms with Gasteiger partial charge in [0.15, 0.2) is 5.69 Å². The van der Waals surface area contributed by atoms with Crippen LogP contribution in [0.15, 0.2) is 42.5 Å². The third-order valence-electron chi connectivity index (χ3n) is 6.46. The van der Waals surface area contributed by atoms with Gasteiger partial charge in [-0.05, 0) is 68.6 Å². The van der Waals surface area contributed by atoms with Crippen LogP contribution in [-0.4, -0.2) is 34.7 Å². The molecule has 0 atom stereocenters. The van der Waals surface area contributed by atoms with Crippen molar-refractivity contribution in [2.24, 2.45) is 5.92 Å². The average Bonchev–Trinajstić information content (AvgIpc) is 3.21. The minimum atomic E-state index is -4.66. The highest BCUT2D eigenvalue weighted by atomic mass is 35.5. The molecule has 0 aliphatic carbocycles. The molecule has 9 heteroatoms. The van der Waals surface area contributed by atoms with Crippen LogP contribution in [-0.2, 0) is 12.7 Å². The van der Waals surface area contributed by atoms with Gasteiger partial charge in [0.05, 0.1) is 18.1 Å². The predicted molar refractivity (Wildman–Crippen MR) is 127 cm³/mol. The molecule has 0 radical (unpaired) electrons. The maximum atomic E-state index is 14.1. The number of halogens is 4. The molecule has 1 N–H and O–H groups in total. The molecule has 5 nitrogen and oxygen atoms in total. The number of nitrogens with zero attached hydrogens (tertiary/aromatic N) is 3. The summed E-state index contributed by atoms with van der Waals surface area (Å²) in [5, 5.41) is 4.29. The summed E-state index contributed by atoms with van der Waals surface area (Å²) in [5.41, 5.74) is 0.178. The van der Waals surface area contributed by atoms with Crippen molar-refractivity contribution in [2.45, 2.75) is 32.0 Å². The number of aromatic nitrogens is 3. The standard InChI is InChI=1S/C25H24ClF3N4O/c1-34-18-4-2-3-16(13-18)24-32-21-22(33(24)12-9-15-7-10-30-11-8-15)19-6-5-17(26)14-20(19)31-23(21)25(27,28)29/h2-6,13-15,30H,7-12H2,1H3. The van der Waals surface area contributed by atoms with Crippen molar-refractivity contribution in [1.82, 2.24) is 19.9 Å². The number of alkyl halides is 3. The van der Waals surface area contributed by atoms with Crippen molar-refractivity contribution in [3.8, 4) is 17.1 Å². The van der Waals surface area contributed by atoms with Crippen LogP contribution in [0.4, 0.5) is 13.2 Å². The number of pyridine rings is 1. The van der Waals surface area contributed by atoms with Gasteiger partial charge in [0.25, 0.3) is 0 Å². The number of nitrogens with one attached hydrogen (secondary N) is 1. The Hall–Kier alpha value is -2.84. The Kier molecular flexibility index (Phi) is 6.12. The lowest BCUT2D eigenvalue weighted by atomic mass is 9.94. The van der Waals surface area contributed by atoms with Gasteiger partial charge in [-0.25, -0.2) is 9.97 Å². The van der Waals surface area contributed by atoms with Gasteiger partial charge in [-0.15, -0.1) is 0 Å². The normalized spacial score (nSPS) is 15.3. The lowest BCUT2D eigenvalue weighted by molar-refractivity contribution is -0.139. The monoisotopic (exact) mass is 488 g/mol. The Morgan fingerprint density at radius 2 is 1.91 bits per heavy atom. The van der Waals surface area contributed by atoms with Crippen molar-refractivity contribution >= 4 is 33.5 Å². The smallest absolute Gasteiger partial charge is 0.435 e. The van der Waals surface area contributed by atoms with Crippen LogP contribution in [0.2, 0.25) is 5.02 Å². The zero-order chi connectivity index (χ0) is 23.9. The Labute approximate surface area is 199 Å². The molecule has 1 saturated heterocycles.